The molecule has 0 radical (unpaired) electrons. The summed E-state index contributed by atoms with van der Waals surface area (Å²) in [6.07, 6.45) is 5.05. The molecular formula is C10H10N2O2. The molecule has 1 saturated carbocycles. The minimum Gasteiger partial charge on any atom is -0.337 e. The highest BCUT2D eigenvalue weighted by Gasteiger charge is 2.26. The molecule has 2 aromatic heterocycles. The van der Waals surface area contributed by atoms with Crippen molar-refractivity contribution in [3.63, 3.8) is 0 Å². The number of aromatic nitrogens is 2. The van der Waals surface area contributed by atoms with Crippen LogP contribution in [0.2, 0.25) is 0 Å². The molecule has 0 spiro atoms. The largest absolute Gasteiger partial charge is 0.337 e. The molecule has 0 amide bonds. The topological polar surface area (TPSA) is 58.9 Å². The summed E-state index contributed by atoms with van der Waals surface area (Å²) in [4.78, 5) is 14.5. The van der Waals surface area contributed by atoms with E-state index in [9.17, 15) is 4.79 Å². The van der Waals surface area contributed by atoms with Gasteiger partial charge in [-0.2, -0.15) is 0 Å². The van der Waals surface area contributed by atoms with Gasteiger partial charge in [-0.1, -0.05) is 11.6 Å². The summed E-state index contributed by atoms with van der Waals surface area (Å²) in [5.74, 6) is 0.430. The van der Waals surface area contributed by atoms with Gasteiger partial charge in [-0.05, 0) is 12.8 Å². The van der Waals surface area contributed by atoms with Gasteiger partial charge in [0.25, 0.3) is 0 Å². The third kappa shape index (κ3) is 0.937. The van der Waals surface area contributed by atoms with Crippen molar-refractivity contribution >= 4 is 11.1 Å². The molecule has 14 heavy (non-hydrogen) atoms. The van der Waals surface area contributed by atoms with Gasteiger partial charge in [0, 0.05) is 18.2 Å². The lowest BCUT2D eigenvalue weighted by Gasteiger charge is -2.22. The number of pyridine rings is 1. The summed E-state index contributed by atoms with van der Waals surface area (Å²) in [7, 11) is 0. The van der Waals surface area contributed by atoms with Crippen LogP contribution in [0.5, 0.6) is 0 Å². The second-order valence-electron chi connectivity index (χ2n) is 3.74. The molecule has 0 unspecified atom stereocenters. The molecule has 1 N–H and O–H groups in total. The Morgan fingerprint density at radius 3 is 3.07 bits per heavy atom. The number of aromatic amines is 1. The Bertz CT molecular complexity index is 522. The normalized spacial score (nSPS) is 17.1. The molecule has 0 aliphatic heterocycles. The number of fused-ring (bicyclic) bond motifs is 1. The maximum absolute atomic E-state index is 11.6. The van der Waals surface area contributed by atoms with E-state index in [1.54, 1.807) is 6.20 Å². The Morgan fingerprint density at radius 2 is 2.36 bits per heavy atom. The molecule has 4 nitrogen and oxygen atoms in total. The van der Waals surface area contributed by atoms with Crippen LogP contribution in [0.15, 0.2) is 21.6 Å². The van der Waals surface area contributed by atoms with E-state index in [2.05, 4.69) is 10.1 Å². The average Bonchev–Trinajstić information content (AvgIpc) is 2.47. The zero-order valence-corrected chi connectivity index (χ0v) is 7.62. The van der Waals surface area contributed by atoms with Crippen molar-refractivity contribution in [1.82, 2.24) is 10.1 Å². The molecule has 1 aliphatic carbocycles. The first-order valence-electron chi connectivity index (χ1n) is 4.83. The zero-order valence-electron chi connectivity index (χ0n) is 7.62. The van der Waals surface area contributed by atoms with E-state index in [0.29, 0.717) is 17.0 Å². The monoisotopic (exact) mass is 190 g/mol. The maximum atomic E-state index is 11.6. The molecule has 1 fully saturated rings. The average molecular weight is 190 g/mol. The fraction of sp³-hybridized carbons (Fsp3) is 0.400. The van der Waals surface area contributed by atoms with Gasteiger partial charge < -0.3 is 9.51 Å². The van der Waals surface area contributed by atoms with Crippen LogP contribution in [-0.4, -0.2) is 10.1 Å². The maximum Gasteiger partial charge on any atom is 0.240 e. The second kappa shape index (κ2) is 2.70. The van der Waals surface area contributed by atoms with Crippen LogP contribution in [0.1, 0.15) is 30.9 Å². The van der Waals surface area contributed by atoms with E-state index >= 15 is 0 Å². The smallest absolute Gasteiger partial charge is 0.240 e. The number of hydrogen-bond acceptors (Lipinski definition) is 3. The van der Waals surface area contributed by atoms with E-state index in [1.807, 2.05) is 0 Å². The Labute approximate surface area is 79.9 Å². The van der Waals surface area contributed by atoms with E-state index < -0.39 is 0 Å². The van der Waals surface area contributed by atoms with Gasteiger partial charge >= 0.3 is 0 Å². The molecule has 2 aromatic rings. The lowest BCUT2D eigenvalue weighted by molar-refractivity contribution is 0.373. The SMILES string of the molecule is O=c1cc[nH]c2onc(C3CCC3)c12. The van der Waals surface area contributed by atoms with E-state index in [-0.39, 0.29) is 5.43 Å². The van der Waals surface area contributed by atoms with Crippen molar-refractivity contribution in [3.8, 4) is 0 Å². The van der Waals surface area contributed by atoms with Gasteiger partial charge in [-0.3, -0.25) is 4.79 Å². The third-order valence-electron chi connectivity index (χ3n) is 2.91. The summed E-state index contributed by atoms with van der Waals surface area (Å²) in [5, 5.41) is 4.61. The van der Waals surface area contributed by atoms with Crippen molar-refractivity contribution in [3.05, 3.63) is 28.2 Å². The van der Waals surface area contributed by atoms with E-state index in [1.165, 1.54) is 12.5 Å². The fourth-order valence-electron chi connectivity index (χ4n) is 1.88. The third-order valence-corrected chi connectivity index (χ3v) is 2.91. The Kier molecular flexibility index (Phi) is 1.50. The van der Waals surface area contributed by atoms with Gasteiger partial charge in [-0.15, -0.1) is 0 Å². The molecule has 0 atom stereocenters. The Balaban J connectivity index is 2.28. The molecule has 0 aromatic carbocycles. The first kappa shape index (κ1) is 7.79. The number of nitrogens with zero attached hydrogens (tertiary/aromatic N) is 1. The highest BCUT2D eigenvalue weighted by atomic mass is 16.5. The zero-order chi connectivity index (χ0) is 9.54. The molecule has 72 valence electrons. The lowest BCUT2D eigenvalue weighted by atomic mass is 9.82. The molecule has 0 bridgehead atoms. The lowest BCUT2D eigenvalue weighted by Crippen LogP contribution is -2.12. The fourth-order valence-corrected chi connectivity index (χ4v) is 1.88. The minimum absolute atomic E-state index is 0.00176. The van der Waals surface area contributed by atoms with Crippen LogP contribution in [0.3, 0.4) is 0 Å². The van der Waals surface area contributed by atoms with Crippen LogP contribution in [0.4, 0.5) is 0 Å². The summed E-state index contributed by atoms with van der Waals surface area (Å²) in [5.41, 5.74) is 1.34. The number of H-pyrrole nitrogens is 1. The van der Waals surface area contributed by atoms with Gasteiger partial charge in [0.1, 0.15) is 11.1 Å². The highest BCUT2D eigenvalue weighted by Crippen LogP contribution is 2.37. The molecule has 4 heteroatoms. The first-order chi connectivity index (χ1) is 6.86. The van der Waals surface area contributed by atoms with Gasteiger partial charge in [0.05, 0.1) is 0 Å². The number of hydrogen-bond donors (Lipinski definition) is 1. The summed E-state index contributed by atoms with van der Waals surface area (Å²) in [6, 6.07) is 1.52. The summed E-state index contributed by atoms with van der Waals surface area (Å²) < 4.78 is 5.08. The first-order valence-corrected chi connectivity index (χ1v) is 4.83. The summed E-state index contributed by atoms with van der Waals surface area (Å²) in [6.45, 7) is 0. The van der Waals surface area contributed by atoms with Crippen LogP contribution < -0.4 is 5.43 Å². The van der Waals surface area contributed by atoms with Crippen molar-refractivity contribution < 1.29 is 4.52 Å². The number of nitrogens with one attached hydrogen (secondary N) is 1. The van der Waals surface area contributed by atoms with Crippen LogP contribution in [0.25, 0.3) is 11.1 Å². The van der Waals surface area contributed by atoms with Gasteiger partial charge in [0.2, 0.25) is 5.71 Å². The molecular weight excluding hydrogens is 180 g/mol. The minimum atomic E-state index is 0.00176. The van der Waals surface area contributed by atoms with Crippen LogP contribution >= 0.6 is 0 Å². The summed E-state index contributed by atoms with van der Waals surface area (Å²) >= 11 is 0. The van der Waals surface area contributed by atoms with Crippen molar-refractivity contribution in [2.75, 3.05) is 0 Å². The Morgan fingerprint density at radius 1 is 1.50 bits per heavy atom. The van der Waals surface area contributed by atoms with Crippen molar-refractivity contribution in [2.45, 2.75) is 25.2 Å². The van der Waals surface area contributed by atoms with Crippen molar-refractivity contribution in [1.29, 1.82) is 0 Å². The number of rotatable bonds is 1. The molecule has 3 rings (SSSR count). The predicted octanol–water partition coefficient (Wildman–Crippen LogP) is 1.78. The van der Waals surface area contributed by atoms with E-state index in [4.69, 9.17) is 4.52 Å². The molecule has 0 saturated heterocycles. The van der Waals surface area contributed by atoms with Crippen LogP contribution in [-0.2, 0) is 0 Å². The molecule has 1 aliphatic rings. The predicted molar refractivity (Wildman–Crippen MR) is 51.2 cm³/mol. The molecule has 2 heterocycles. The Hall–Kier alpha value is -1.58. The van der Waals surface area contributed by atoms with Crippen molar-refractivity contribution in [2.24, 2.45) is 0 Å². The quantitative estimate of drug-likeness (QED) is 0.745. The standard InChI is InChI=1S/C10H10N2O2/c13-7-4-5-11-10-8(7)9(12-14-10)6-2-1-3-6/h4-6H,1-3H2,(H,11,13). The van der Waals surface area contributed by atoms with E-state index in [0.717, 1.165) is 18.5 Å². The second-order valence-corrected chi connectivity index (χ2v) is 3.74. The van der Waals surface area contributed by atoms with Gasteiger partial charge in [0.15, 0.2) is 5.43 Å². The van der Waals surface area contributed by atoms with Gasteiger partial charge in [-0.25, -0.2) is 0 Å². The highest BCUT2D eigenvalue weighted by molar-refractivity contribution is 5.75. The van der Waals surface area contributed by atoms with Crippen LogP contribution in [0, 0.1) is 0 Å².